The van der Waals surface area contributed by atoms with Crippen molar-refractivity contribution in [3.05, 3.63) is 0 Å². The zero-order valence-electron chi connectivity index (χ0n) is 7.84. The maximum Gasteiger partial charge on any atom is 0.374 e. The van der Waals surface area contributed by atoms with Gasteiger partial charge in [-0.1, -0.05) is 0 Å². The number of aliphatic carboxylic acids is 1. The van der Waals surface area contributed by atoms with E-state index in [9.17, 15) is 13.6 Å². The zero-order valence-corrected chi connectivity index (χ0v) is 7.60. The van der Waals surface area contributed by atoms with Gasteiger partial charge in [0.05, 0.1) is 0 Å². The van der Waals surface area contributed by atoms with Crippen molar-refractivity contribution in [2.24, 2.45) is 5.92 Å². The minimum atomic E-state index is -3.73. The fraction of sp³-hybridized carbons (Fsp3) is 0.875. The van der Waals surface area contributed by atoms with E-state index in [1.54, 1.807) is 0 Å². The second kappa shape index (κ2) is 3.78. The molecule has 2 nitrogen and oxygen atoms in total. The Bertz CT molecular complexity index is 237. The number of halogens is 3. The van der Waals surface area contributed by atoms with Gasteiger partial charge in [-0.15, -0.1) is 11.6 Å². The lowest BCUT2D eigenvalue weighted by Crippen LogP contribution is -2.39. The van der Waals surface area contributed by atoms with Crippen LogP contribution >= 0.6 is 11.6 Å². The van der Waals surface area contributed by atoms with E-state index in [-0.39, 0.29) is 19.3 Å². The Morgan fingerprint density at radius 2 is 2.15 bits per heavy atom. The lowest BCUT2D eigenvalue weighted by Gasteiger charge is -2.28. The largest absolute Gasteiger partial charge is 0.477 e. The van der Waals surface area contributed by atoms with E-state index in [1.807, 2.05) is 0 Å². The van der Waals surface area contributed by atoms with Crippen molar-refractivity contribution < 1.29 is 20.1 Å². The van der Waals surface area contributed by atoms with Crippen LogP contribution in [0.5, 0.6) is 0 Å². The summed E-state index contributed by atoms with van der Waals surface area (Å²) in [6.07, 6.45) is -0.583. The minimum Gasteiger partial charge on any atom is -0.477 e. The third-order valence-corrected chi connectivity index (χ3v) is 2.66. The third-order valence-electron chi connectivity index (χ3n) is 2.27. The quantitative estimate of drug-likeness (QED) is 0.716. The fourth-order valence-corrected chi connectivity index (χ4v) is 1.64. The lowest BCUT2D eigenvalue weighted by molar-refractivity contribution is -0.175. The first-order valence-corrected chi connectivity index (χ1v) is 4.47. The number of rotatable bonds is 2. The molecule has 0 amide bonds. The molecule has 1 aliphatic rings. The summed E-state index contributed by atoms with van der Waals surface area (Å²) in [5.74, 6) is -7.09. The fourth-order valence-electron chi connectivity index (χ4n) is 1.41. The second-order valence-electron chi connectivity index (χ2n) is 3.19. The topological polar surface area (TPSA) is 37.3 Å². The molecule has 0 aliphatic heterocycles. The van der Waals surface area contributed by atoms with Gasteiger partial charge in [0.1, 0.15) is 0 Å². The third kappa shape index (κ3) is 2.30. The van der Waals surface area contributed by atoms with Crippen molar-refractivity contribution in [2.75, 3.05) is 0 Å². The smallest absolute Gasteiger partial charge is 0.374 e. The minimum absolute atomic E-state index is 0.0723. The number of hydrogen-bond donors (Lipinski definition) is 1. The van der Waals surface area contributed by atoms with E-state index < -0.39 is 29.6 Å². The molecule has 0 heterocycles. The van der Waals surface area contributed by atoms with Gasteiger partial charge in [0.2, 0.25) is 0 Å². The molecule has 0 bridgehead atoms. The summed E-state index contributed by atoms with van der Waals surface area (Å²) < 4.78 is 33.4. The van der Waals surface area contributed by atoms with E-state index in [1.165, 1.54) is 0 Å². The van der Waals surface area contributed by atoms with Crippen LogP contribution in [0.4, 0.5) is 8.78 Å². The second-order valence-corrected chi connectivity index (χ2v) is 3.75. The first-order chi connectivity index (χ1) is 6.35. The van der Waals surface area contributed by atoms with Crippen LogP contribution < -0.4 is 0 Å². The molecule has 1 rings (SSSR count). The van der Waals surface area contributed by atoms with Crippen molar-refractivity contribution >= 4 is 17.6 Å². The van der Waals surface area contributed by atoms with E-state index in [0.29, 0.717) is 0 Å². The SMILES string of the molecule is [2H]C1CC(C(F)(F)C(=O)O)CCC1Cl. The van der Waals surface area contributed by atoms with Gasteiger partial charge in [-0.3, -0.25) is 0 Å². The molecule has 1 fully saturated rings. The highest BCUT2D eigenvalue weighted by Crippen LogP contribution is 2.38. The van der Waals surface area contributed by atoms with Crippen LogP contribution in [-0.4, -0.2) is 22.4 Å². The van der Waals surface area contributed by atoms with Gasteiger partial charge >= 0.3 is 11.9 Å². The van der Waals surface area contributed by atoms with Crippen LogP contribution in [0.3, 0.4) is 0 Å². The van der Waals surface area contributed by atoms with Crippen molar-refractivity contribution in [3.8, 4) is 0 Å². The van der Waals surface area contributed by atoms with Gasteiger partial charge in [-0.2, -0.15) is 8.78 Å². The number of carboxylic acid groups (broad SMARTS) is 1. The van der Waals surface area contributed by atoms with Crippen molar-refractivity contribution in [1.82, 2.24) is 0 Å². The summed E-state index contributed by atoms with van der Waals surface area (Å²) in [6.45, 7) is 0. The molecule has 3 unspecified atom stereocenters. The van der Waals surface area contributed by atoms with E-state index in [2.05, 4.69) is 0 Å². The van der Waals surface area contributed by atoms with Crippen molar-refractivity contribution in [1.29, 1.82) is 0 Å². The van der Waals surface area contributed by atoms with Gasteiger partial charge < -0.3 is 5.11 Å². The van der Waals surface area contributed by atoms with Crippen molar-refractivity contribution in [2.45, 2.75) is 37.0 Å². The highest BCUT2D eigenvalue weighted by atomic mass is 35.5. The maximum absolute atomic E-state index is 13.0. The number of alkyl halides is 3. The summed E-state index contributed by atoms with van der Waals surface area (Å²) in [5.41, 5.74) is 0. The average Bonchev–Trinajstić information content (AvgIpc) is 2.09. The maximum atomic E-state index is 13.0. The monoisotopic (exact) mass is 213 g/mol. The molecule has 1 aliphatic carbocycles. The van der Waals surface area contributed by atoms with Gasteiger partial charge in [0, 0.05) is 12.7 Å². The predicted molar refractivity (Wildman–Crippen MR) is 44.2 cm³/mol. The van der Waals surface area contributed by atoms with Gasteiger partial charge in [-0.25, -0.2) is 4.79 Å². The van der Waals surface area contributed by atoms with Gasteiger partial charge in [0.15, 0.2) is 0 Å². The number of hydrogen-bond acceptors (Lipinski definition) is 1. The predicted octanol–water partition coefficient (Wildman–Crippen LogP) is 2.50. The van der Waals surface area contributed by atoms with Crippen LogP contribution in [0.15, 0.2) is 0 Å². The summed E-state index contributed by atoms with van der Waals surface area (Å²) in [5, 5.41) is 7.87. The summed E-state index contributed by atoms with van der Waals surface area (Å²) in [7, 11) is 0. The first-order valence-electron chi connectivity index (χ1n) is 4.61. The van der Waals surface area contributed by atoms with Gasteiger partial charge in [0.25, 0.3) is 0 Å². The molecule has 3 atom stereocenters. The van der Waals surface area contributed by atoms with E-state index in [4.69, 9.17) is 18.1 Å². The molecule has 1 N–H and O–H groups in total. The highest BCUT2D eigenvalue weighted by molar-refractivity contribution is 6.20. The molecule has 0 aromatic rings. The summed E-state index contributed by atoms with van der Waals surface area (Å²) in [4.78, 5) is 10.3. The Kier molecular flexibility index (Phi) is 2.67. The van der Waals surface area contributed by atoms with Crippen LogP contribution in [0.2, 0.25) is 0 Å². The Morgan fingerprint density at radius 3 is 2.62 bits per heavy atom. The standard InChI is InChI=1S/C8H11ClF2O2/c9-6-3-1-5(2-4-6)8(10,11)7(12)13/h5-6H,1-4H2,(H,12,13)/i3D. The zero-order chi connectivity index (χ0) is 10.9. The Morgan fingerprint density at radius 1 is 1.54 bits per heavy atom. The number of carbonyl (C=O) groups is 1. The van der Waals surface area contributed by atoms with Crippen molar-refractivity contribution in [3.63, 3.8) is 0 Å². The van der Waals surface area contributed by atoms with Crippen LogP contribution in [0, 0.1) is 5.92 Å². The normalized spacial score (nSPS) is 36.8. The molecule has 0 radical (unpaired) electrons. The van der Waals surface area contributed by atoms with Crippen LogP contribution in [0.1, 0.15) is 27.0 Å². The number of carboxylic acids is 1. The molecule has 1 saturated carbocycles. The Balaban J connectivity index is 2.67. The molecule has 0 aromatic carbocycles. The molecule has 0 spiro atoms. The molecular formula is C8H11ClF2O2. The Hall–Kier alpha value is -0.380. The average molecular weight is 214 g/mol. The highest BCUT2D eigenvalue weighted by Gasteiger charge is 2.48. The summed E-state index contributed by atoms with van der Waals surface area (Å²) in [6, 6.07) is 0. The molecule has 13 heavy (non-hydrogen) atoms. The first kappa shape index (κ1) is 9.19. The Labute approximate surface area is 81.3 Å². The van der Waals surface area contributed by atoms with Crippen LogP contribution in [0.25, 0.3) is 0 Å². The molecule has 76 valence electrons. The molecule has 0 aromatic heterocycles. The van der Waals surface area contributed by atoms with Gasteiger partial charge in [-0.05, 0) is 25.7 Å². The molecular weight excluding hydrogens is 202 g/mol. The molecule has 5 heteroatoms. The summed E-state index contributed by atoms with van der Waals surface area (Å²) >= 11 is 5.68. The van der Waals surface area contributed by atoms with E-state index >= 15 is 0 Å². The molecule has 0 saturated heterocycles. The van der Waals surface area contributed by atoms with E-state index in [0.717, 1.165) is 0 Å². The lowest BCUT2D eigenvalue weighted by atomic mass is 9.84. The van der Waals surface area contributed by atoms with Crippen LogP contribution in [-0.2, 0) is 4.79 Å².